The maximum Gasteiger partial charge on any atom is 0.123 e. The van der Waals surface area contributed by atoms with Crippen molar-refractivity contribution in [2.45, 2.75) is 12.8 Å². The monoisotopic (exact) mass is 204 g/mol. The predicted octanol–water partition coefficient (Wildman–Crippen LogP) is 1.87. The molecule has 1 aliphatic rings. The smallest absolute Gasteiger partial charge is 0.123 e. The van der Waals surface area contributed by atoms with E-state index in [1.54, 1.807) is 12.1 Å². The van der Waals surface area contributed by atoms with Crippen molar-refractivity contribution < 1.29 is 4.39 Å². The molecular weight excluding hydrogens is 191 g/mol. The Bertz CT molecular complexity index is 372. The highest BCUT2D eigenvalue weighted by molar-refractivity contribution is 5.21. The van der Waals surface area contributed by atoms with Gasteiger partial charge in [0, 0.05) is 6.54 Å². The summed E-state index contributed by atoms with van der Waals surface area (Å²) in [6.07, 6.45) is 1.58. The third kappa shape index (κ3) is 2.16. The fourth-order valence-corrected chi connectivity index (χ4v) is 2.02. The number of nitrogens with zero attached hydrogens (tertiary/aromatic N) is 1. The van der Waals surface area contributed by atoms with Gasteiger partial charge in [-0.2, -0.15) is 5.26 Å². The Hall–Kier alpha value is -1.40. The largest absolute Gasteiger partial charge is 0.315 e. The number of rotatable bonds is 2. The molecule has 1 atom stereocenters. The van der Waals surface area contributed by atoms with Crippen molar-refractivity contribution in [3.63, 3.8) is 0 Å². The highest BCUT2D eigenvalue weighted by atomic mass is 19.1. The summed E-state index contributed by atoms with van der Waals surface area (Å²) in [5.74, 6) is -0.227. The summed E-state index contributed by atoms with van der Waals surface area (Å²) >= 11 is 0. The Morgan fingerprint density at radius 3 is 2.67 bits per heavy atom. The molecular formula is C12H13FN2. The van der Waals surface area contributed by atoms with Gasteiger partial charge in [0.1, 0.15) is 5.82 Å². The Morgan fingerprint density at radius 2 is 2.13 bits per heavy atom. The van der Waals surface area contributed by atoms with Gasteiger partial charge in [-0.3, -0.25) is 0 Å². The molecule has 0 spiro atoms. The molecule has 0 radical (unpaired) electrons. The van der Waals surface area contributed by atoms with Crippen molar-refractivity contribution in [3.05, 3.63) is 35.6 Å². The quantitative estimate of drug-likeness (QED) is 0.798. The SMILES string of the molecule is N#CC1(Cc2ccc(F)cc2)CCNC1. The third-order valence-corrected chi connectivity index (χ3v) is 2.94. The summed E-state index contributed by atoms with van der Waals surface area (Å²) in [5, 5.41) is 12.4. The molecule has 1 aromatic carbocycles. The number of hydrogen-bond acceptors (Lipinski definition) is 2. The average molecular weight is 204 g/mol. The van der Waals surface area contributed by atoms with Gasteiger partial charge in [0.25, 0.3) is 0 Å². The second-order valence-electron chi connectivity index (χ2n) is 4.12. The van der Waals surface area contributed by atoms with Gasteiger partial charge in [-0.15, -0.1) is 0 Å². The third-order valence-electron chi connectivity index (χ3n) is 2.94. The molecule has 0 amide bonds. The van der Waals surface area contributed by atoms with E-state index in [0.717, 1.165) is 25.1 Å². The van der Waals surface area contributed by atoms with Crippen LogP contribution in [0.2, 0.25) is 0 Å². The summed E-state index contributed by atoms with van der Waals surface area (Å²) in [4.78, 5) is 0. The highest BCUT2D eigenvalue weighted by Crippen LogP contribution is 2.29. The van der Waals surface area contributed by atoms with Crippen molar-refractivity contribution in [2.24, 2.45) is 5.41 Å². The van der Waals surface area contributed by atoms with Crippen molar-refractivity contribution in [2.75, 3.05) is 13.1 Å². The summed E-state index contributed by atoms with van der Waals surface area (Å²) in [7, 11) is 0. The molecule has 1 aliphatic heterocycles. The molecule has 1 aromatic rings. The molecule has 2 rings (SSSR count). The summed E-state index contributed by atoms with van der Waals surface area (Å²) in [5.41, 5.74) is 0.735. The first-order valence-electron chi connectivity index (χ1n) is 5.11. The van der Waals surface area contributed by atoms with E-state index in [0.29, 0.717) is 6.42 Å². The summed E-state index contributed by atoms with van der Waals surface area (Å²) in [6, 6.07) is 8.79. The number of nitrogens with one attached hydrogen (secondary N) is 1. The van der Waals surface area contributed by atoms with Crippen LogP contribution in [0.5, 0.6) is 0 Å². The molecule has 2 nitrogen and oxygen atoms in total. The molecule has 1 N–H and O–H groups in total. The number of halogens is 1. The van der Waals surface area contributed by atoms with Gasteiger partial charge in [-0.1, -0.05) is 12.1 Å². The first-order valence-corrected chi connectivity index (χ1v) is 5.11. The lowest BCUT2D eigenvalue weighted by molar-refractivity contribution is 0.438. The lowest BCUT2D eigenvalue weighted by atomic mass is 9.82. The van der Waals surface area contributed by atoms with E-state index in [1.807, 2.05) is 0 Å². The van der Waals surface area contributed by atoms with E-state index in [-0.39, 0.29) is 11.2 Å². The average Bonchev–Trinajstić information content (AvgIpc) is 2.71. The topological polar surface area (TPSA) is 35.8 Å². The Kier molecular flexibility index (Phi) is 2.70. The van der Waals surface area contributed by atoms with Gasteiger partial charge in [-0.25, -0.2) is 4.39 Å². The van der Waals surface area contributed by atoms with Crippen LogP contribution in [0.1, 0.15) is 12.0 Å². The lowest BCUT2D eigenvalue weighted by Crippen LogP contribution is -2.24. The van der Waals surface area contributed by atoms with Crippen LogP contribution in [0.3, 0.4) is 0 Å². The summed E-state index contributed by atoms with van der Waals surface area (Å²) in [6.45, 7) is 1.63. The Morgan fingerprint density at radius 1 is 1.40 bits per heavy atom. The zero-order valence-corrected chi connectivity index (χ0v) is 8.46. The fourth-order valence-electron chi connectivity index (χ4n) is 2.02. The second-order valence-corrected chi connectivity index (χ2v) is 4.12. The number of hydrogen-bond donors (Lipinski definition) is 1. The van der Waals surface area contributed by atoms with Gasteiger partial charge in [0.15, 0.2) is 0 Å². The van der Waals surface area contributed by atoms with E-state index in [1.165, 1.54) is 12.1 Å². The Balaban J connectivity index is 2.14. The Labute approximate surface area is 88.7 Å². The molecule has 1 fully saturated rings. The van der Waals surface area contributed by atoms with E-state index in [4.69, 9.17) is 5.26 Å². The van der Waals surface area contributed by atoms with Crippen LogP contribution in [0.15, 0.2) is 24.3 Å². The molecule has 3 heteroatoms. The molecule has 0 aromatic heterocycles. The lowest BCUT2D eigenvalue weighted by Gasteiger charge is -2.18. The molecule has 1 unspecified atom stereocenters. The van der Waals surface area contributed by atoms with Crippen molar-refractivity contribution in [1.29, 1.82) is 5.26 Å². The molecule has 0 saturated carbocycles. The van der Waals surface area contributed by atoms with Crippen LogP contribution in [0, 0.1) is 22.6 Å². The number of nitriles is 1. The van der Waals surface area contributed by atoms with Crippen molar-refractivity contribution in [3.8, 4) is 6.07 Å². The minimum Gasteiger partial charge on any atom is -0.315 e. The summed E-state index contributed by atoms with van der Waals surface area (Å²) < 4.78 is 12.7. The van der Waals surface area contributed by atoms with Gasteiger partial charge in [0.05, 0.1) is 11.5 Å². The highest BCUT2D eigenvalue weighted by Gasteiger charge is 2.33. The van der Waals surface area contributed by atoms with Gasteiger partial charge in [-0.05, 0) is 37.1 Å². The first-order chi connectivity index (χ1) is 7.24. The number of benzene rings is 1. The van der Waals surface area contributed by atoms with Crippen LogP contribution < -0.4 is 5.32 Å². The van der Waals surface area contributed by atoms with Gasteiger partial charge in [0.2, 0.25) is 0 Å². The first kappa shape index (κ1) is 10.1. The van der Waals surface area contributed by atoms with E-state index in [9.17, 15) is 4.39 Å². The predicted molar refractivity (Wildman–Crippen MR) is 55.6 cm³/mol. The van der Waals surface area contributed by atoms with Crippen LogP contribution in [-0.4, -0.2) is 13.1 Å². The second kappa shape index (κ2) is 4.00. The van der Waals surface area contributed by atoms with Gasteiger partial charge < -0.3 is 5.32 Å². The minimum absolute atomic E-state index is 0.227. The maximum absolute atomic E-state index is 12.7. The molecule has 0 bridgehead atoms. The molecule has 15 heavy (non-hydrogen) atoms. The van der Waals surface area contributed by atoms with Crippen molar-refractivity contribution >= 4 is 0 Å². The maximum atomic E-state index is 12.7. The van der Waals surface area contributed by atoms with E-state index < -0.39 is 0 Å². The minimum atomic E-state index is -0.294. The van der Waals surface area contributed by atoms with Crippen LogP contribution >= 0.6 is 0 Å². The van der Waals surface area contributed by atoms with Crippen molar-refractivity contribution in [1.82, 2.24) is 5.32 Å². The van der Waals surface area contributed by atoms with Crippen LogP contribution in [0.4, 0.5) is 4.39 Å². The van der Waals surface area contributed by atoms with Crippen LogP contribution in [-0.2, 0) is 6.42 Å². The van der Waals surface area contributed by atoms with Crippen LogP contribution in [0.25, 0.3) is 0 Å². The normalized spacial score (nSPS) is 25.1. The zero-order valence-electron chi connectivity index (χ0n) is 8.46. The fraction of sp³-hybridized carbons (Fsp3) is 0.417. The standard InChI is InChI=1S/C12H13FN2/c13-11-3-1-10(2-4-11)7-12(8-14)5-6-15-9-12/h1-4,15H,5-7,9H2. The zero-order chi connectivity index (χ0) is 10.7. The molecule has 0 aliphatic carbocycles. The van der Waals surface area contributed by atoms with Gasteiger partial charge >= 0.3 is 0 Å². The molecule has 78 valence electrons. The molecule has 1 heterocycles. The van der Waals surface area contributed by atoms with E-state index in [2.05, 4.69) is 11.4 Å². The molecule has 1 saturated heterocycles. The van der Waals surface area contributed by atoms with E-state index >= 15 is 0 Å².